The summed E-state index contributed by atoms with van der Waals surface area (Å²) in [6.45, 7) is 5.20. The molecule has 1 saturated heterocycles. The first-order chi connectivity index (χ1) is 18.0. The first-order valence-electron chi connectivity index (χ1n) is 12.8. The van der Waals surface area contributed by atoms with Gasteiger partial charge in [0, 0.05) is 37.7 Å². The molecule has 196 valence electrons. The molecule has 1 aliphatic rings. The van der Waals surface area contributed by atoms with E-state index in [-0.39, 0.29) is 5.75 Å². The molecule has 0 aliphatic carbocycles. The molecular weight excluding hydrogens is 490 g/mol. The maximum absolute atomic E-state index is 12.1. The van der Waals surface area contributed by atoms with Gasteiger partial charge in [-0.25, -0.2) is 22.7 Å². The van der Waals surface area contributed by atoms with Gasteiger partial charge in [-0.1, -0.05) is 30.3 Å². The fourth-order valence-electron chi connectivity index (χ4n) is 4.81. The average Bonchev–Trinajstić information content (AvgIpc) is 3.44. The molecule has 1 fully saturated rings. The van der Waals surface area contributed by atoms with Gasteiger partial charge in [0.05, 0.1) is 16.8 Å². The number of benzene rings is 2. The Labute approximate surface area is 217 Å². The Morgan fingerprint density at radius 2 is 1.84 bits per heavy atom. The third-order valence-electron chi connectivity index (χ3n) is 6.68. The molecule has 3 heterocycles. The van der Waals surface area contributed by atoms with Gasteiger partial charge >= 0.3 is 0 Å². The zero-order valence-electron chi connectivity index (χ0n) is 21.1. The number of nitrogen functional groups attached to an aromatic ring is 1. The Kier molecular flexibility index (Phi) is 7.59. The molecule has 5 rings (SSSR count). The molecule has 2 aromatic heterocycles. The predicted octanol–water partition coefficient (Wildman–Crippen LogP) is 4.10. The molecular formula is C27H33N5O4S. The number of unbranched alkanes of at least 4 members (excludes halogenated alkanes) is 1. The van der Waals surface area contributed by atoms with Crippen LogP contribution in [0.5, 0.6) is 5.75 Å². The van der Waals surface area contributed by atoms with Crippen molar-refractivity contribution in [1.82, 2.24) is 18.8 Å². The normalized spacial score (nSPS) is 15.6. The van der Waals surface area contributed by atoms with E-state index in [0.29, 0.717) is 57.2 Å². The predicted molar refractivity (Wildman–Crippen MR) is 145 cm³/mol. The molecule has 0 atom stereocenters. The number of hydrogen-bond acceptors (Lipinski definition) is 7. The highest BCUT2D eigenvalue weighted by Crippen LogP contribution is 2.32. The molecule has 0 spiro atoms. The summed E-state index contributed by atoms with van der Waals surface area (Å²) in [5.74, 6) is 2.13. The highest BCUT2D eigenvalue weighted by Gasteiger charge is 2.27. The van der Waals surface area contributed by atoms with Gasteiger partial charge < -0.3 is 19.8 Å². The van der Waals surface area contributed by atoms with Gasteiger partial charge in [0.2, 0.25) is 10.0 Å². The number of hydrogen-bond donors (Lipinski definition) is 1. The molecule has 2 N–H and O–H groups in total. The summed E-state index contributed by atoms with van der Waals surface area (Å²) in [4.78, 5) is 9.42. The minimum atomic E-state index is -3.08. The zero-order valence-corrected chi connectivity index (χ0v) is 21.9. The lowest BCUT2D eigenvalue weighted by Gasteiger charge is -2.15. The summed E-state index contributed by atoms with van der Waals surface area (Å²) in [7, 11) is -3.08. The second-order valence-electron chi connectivity index (χ2n) is 9.24. The Bertz CT molecular complexity index is 1490. The van der Waals surface area contributed by atoms with E-state index in [1.807, 2.05) is 55.5 Å². The van der Waals surface area contributed by atoms with Crippen molar-refractivity contribution in [3.63, 3.8) is 0 Å². The minimum Gasteiger partial charge on any atom is -0.489 e. The number of nitrogens with two attached hydrogens (primary N) is 1. The molecule has 37 heavy (non-hydrogen) atoms. The van der Waals surface area contributed by atoms with E-state index >= 15 is 0 Å². The molecule has 2 aromatic carbocycles. The summed E-state index contributed by atoms with van der Waals surface area (Å²) < 4.78 is 39.7. The molecule has 0 amide bonds. The number of aryl methyl sites for hydroxylation is 1. The molecule has 0 unspecified atom stereocenters. The lowest BCUT2D eigenvalue weighted by atomic mass is 10.1. The minimum absolute atomic E-state index is 0.257. The highest BCUT2D eigenvalue weighted by molar-refractivity contribution is 7.89. The van der Waals surface area contributed by atoms with Gasteiger partial charge in [-0.2, -0.15) is 0 Å². The summed E-state index contributed by atoms with van der Waals surface area (Å²) >= 11 is 0. The number of pyridine rings is 1. The molecule has 4 aromatic rings. The molecule has 0 saturated carbocycles. The van der Waals surface area contributed by atoms with Crippen LogP contribution in [0.1, 0.15) is 37.6 Å². The number of ether oxygens (including phenoxy) is 2. The van der Waals surface area contributed by atoms with Gasteiger partial charge in [-0.15, -0.1) is 0 Å². The van der Waals surface area contributed by atoms with Crippen molar-refractivity contribution in [1.29, 1.82) is 0 Å². The van der Waals surface area contributed by atoms with Crippen LogP contribution in [-0.2, 0) is 34.5 Å². The maximum Gasteiger partial charge on any atom is 0.214 e. The first-order valence-corrected chi connectivity index (χ1v) is 14.4. The maximum atomic E-state index is 12.1. The van der Waals surface area contributed by atoms with Gasteiger partial charge in [-0.3, -0.25) is 0 Å². The van der Waals surface area contributed by atoms with Gasteiger partial charge in [0.1, 0.15) is 30.3 Å². The summed E-state index contributed by atoms with van der Waals surface area (Å²) in [6.07, 6.45) is 2.28. The van der Waals surface area contributed by atoms with Gasteiger partial charge in [0.15, 0.2) is 5.82 Å². The van der Waals surface area contributed by atoms with E-state index in [1.54, 1.807) is 4.31 Å². The lowest BCUT2D eigenvalue weighted by Crippen LogP contribution is -2.26. The molecule has 0 bridgehead atoms. The quantitative estimate of drug-likeness (QED) is 0.295. The van der Waals surface area contributed by atoms with Crippen molar-refractivity contribution >= 4 is 37.8 Å². The average molecular weight is 524 g/mol. The number of rotatable bonds is 11. The van der Waals surface area contributed by atoms with E-state index < -0.39 is 10.0 Å². The zero-order chi connectivity index (χ0) is 25.8. The number of aromatic nitrogens is 3. The van der Waals surface area contributed by atoms with Crippen molar-refractivity contribution in [2.45, 2.75) is 45.9 Å². The Morgan fingerprint density at radius 3 is 2.59 bits per heavy atom. The monoisotopic (exact) mass is 523 g/mol. The third kappa shape index (κ3) is 5.56. The highest BCUT2D eigenvalue weighted by atomic mass is 32.2. The largest absolute Gasteiger partial charge is 0.489 e. The van der Waals surface area contributed by atoms with Crippen LogP contribution < -0.4 is 10.5 Å². The Hall–Kier alpha value is -3.21. The van der Waals surface area contributed by atoms with Crippen molar-refractivity contribution in [2.75, 3.05) is 31.2 Å². The number of anilines is 1. The van der Waals surface area contributed by atoms with Crippen LogP contribution >= 0.6 is 0 Å². The molecule has 9 nitrogen and oxygen atoms in total. The summed E-state index contributed by atoms with van der Waals surface area (Å²) in [5, 5.41) is 0.939. The van der Waals surface area contributed by atoms with Crippen LogP contribution in [0, 0.1) is 0 Å². The van der Waals surface area contributed by atoms with Crippen molar-refractivity contribution in [3.8, 4) is 5.75 Å². The second-order valence-corrected chi connectivity index (χ2v) is 11.3. The van der Waals surface area contributed by atoms with Crippen molar-refractivity contribution in [2.24, 2.45) is 0 Å². The van der Waals surface area contributed by atoms with Crippen LogP contribution in [0.25, 0.3) is 21.9 Å². The number of imidazole rings is 1. The summed E-state index contributed by atoms with van der Waals surface area (Å²) in [6, 6.07) is 15.9. The first kappa shape index (κ1) is 25.4. The number of sulfonamides is 1. The Morgan fingerprint density at radius 1 is 1.03 bits per heavy atom. The smallest absolute Gasteiger partial charge is 0.214 e. The van der Waals surface area contributed by atoms with Crippen LogP contribution in [-0.4, -0.2) is 52.7 Å². The SMILES string of the molecule is CCOCc1nc2c(N)nc3cc(OCc4ccccc4)ccc3c2n1CCCCN1CCCS1(=O)=O. The van der Waals surface area contributed by atoms with Crippen LogP contribution in [0.3, 0.4) is 0 Å². The molecule has 1 aliphatic heterocycles. The topological polar surface area (TPSA) is 113 Å². The number of fused-ring (bicyclic) bond motifs is 3. The lowest BCUT2D eigenvalue weighted by molar-refractivity contribution is 0.126. The van der Waals surface area contributed by atoms with E-state index in [2.05, 4.69) is 9.55 Å². The standard InChI is InChI=1S/C27H33N5O4S/c1-2-35-19-24-30-25-26(32(24)15-7-6-13-31-14-8-16-37(31,33)34)22-12-11-21(17-23(22)29-27(25)28)36-18-20-9-4-3-5-10-20/h3-5,9-12,17H,2,6-8,13-16,18-19H2,1H3,(H2,28,29). The Balaban J connectivity index is 1.42. The van der Waals surface area contributed by atoms with Gasteiger partial charge in [-0.05, 0) is 43.9 Å². The van der Waals surface area contributed by atoms with E-state index in [1.165, 1.54) is 0 Å². The van der Waals surface area contributed by atoms with Crippen molar-refractivity contribution < 1.29 is 17.9 Å². The second kappa shape index (κ2) is 11.0. The van der Waals surface area contributed by atoms with E-state index in [0.717, 1.165) is 46.4 Å². The fraction of sp³-hybridized carbons (Fsp3) is 0.407. The van der Waals surface area contributed by atoms with E-state index in [4.69, 9.17) is 20.2 Å². The van der Waals surface area contributed by atoms with Crippen LogP contribution in [0.4, 0.5) is 5.82 Å². The molecule has 0 radical (unpaired) electrons. The van der Waals surface area contributed by atoms with E-state index in [9.17, 15) is 8.42 Å². The van der Waals surface area contributed by atoms with Gasteiger partial charge in [0.25, 0.3) is 0 Å². The van der Waals surface area contributed by atoms with Crippen LogP contribution in [0.2, 0.25) is 0 Å². The van der Waals surface area contributed by atoms with Crippen LogP contribution in [0.15, 0.2) is 48.5 Å². The van der Waals surface area contributed by atoms with Crippen molar-refractivity contribution in [3.05, 3.63) is 59.9 Å². The number of nitrogens with zero attached hydrogens (tertiary/aromatic N) is 4. The fourth-order valence-corrected chi connectivity index (χ4v) is 6.38. The third-order valence-corrected chi connectivity index (χ3v) is 8.64. The molecule has 10 heteroatoms. The summed E-state index contributed by atoms with van der Waals surface area (Å²) in [5.41, 5.74) is 9.77.